The van der Waals surface area contributed by atoms with E-state index in [0.717, 1.165) is 39.9 Å². The third-order valence-electron chi connectivity index (χ3n) is 6.16. The maximum absolute atomic E-state index is 14.0. The number of benzene rings is 2. The van der Waals surface area contributed by atoms with Gasteiger partial charge in [0.1, 0.15) is 36.1 Å². The Hall–Kier alpha value is -3.75. The second kappa shape index (κ2) is 13.1. The van der Waals surface area contributed by atoms with Gasteiger partial charge in [-0.05, 0) is 72.0 Å². The number of aromatic nitrogens is 1. The minimum absolute atomic E-state index is 0.0730. The first-order chi connectivity index (χ1) is 19.1. The summed E-state index contributed by atoms with van der Waals surface area (Å²) in [6, 6.07) is 14.2. The van der Waals surface area contributed by atoms with Gasteiger partial charge < -0.3 is 23.9 Å². The number of fused-ring (bicyclic) bond motifs is 1. The smallest absolute Gasteiger partial charge is 0.310 e. The molecule has 0 amide bonds. The van der Waals surface area contributed by atoms with Crippen molar-refractivity contribution in [1.82, 2.24) is 10.3 Å². The minimum atomic E-state index is -0.440. The highest BCUT2D eigenvalue weighted by molar-refractivity contribution is 5.93. The number of pyridine rings is 1. The highest BCUT2D eigenvalue weighted by Crippen LogP contribution is 2.34. The molecule has 0 aliphatic carbocycles. The Balaban J connectivity index is 1.64. The highest BCUT2D eigenvalue weighted by Gasteiger charge is 2.16. The topological polar surface area (TPSA) is 82.8 Å². The molecule has 0 saturated heterocycles. The van der Waals surface area contributed by atoms with Crippen LogP contribution in [0.25, 0.3) is 22.1 Å². The first-order valence-electron chi connectivity index (χ1n) is 13.4. The van der Waals surface area contributed by atoms with Crippen molar-refractivity contribution < 1.29 is 27.8 Å². The van der Waals surface area contributed by atoms with E-state index in [4.69, 9.17) is 18.6 Å². The van der Waals surface area contributed by atoms with Crippen molar-refractivity contribution in [3.05, 3.63) is 83.1 Å². The van der Waals surface area contributed by atoms with Crippen molar-refractivity contribution in [3.8, 4) is 16.9 Å². The normalized spacial score (nSPS) is 11.7. The van der Waals surface area contributed by atoms with Crippen molar-refractivity contribution in [1.29, 1.82) is 0 Å². The van der Waals surface area contributed by atoms with Crippen LogP contribution in [0.4, 0.5) is 4.39 Å². The van der Waals surface area contributed by atoms with Gasteiger partial charge in [-0.3, -0.25) is 9.78 Å². The number of esters is 1. The Morgan fingerprint density at radius 3 is 2.65 bits per heavy atom. The Labute approximate surface area is 234 Å². The first-order valence-corrected chi connectivity index (χ1v) is 13.4. The molecule has 7 nitrogen and oxygen atoms in total. The average molecular weight is 549 g/mol. The maximum Gasteiger partial charge on any atom is 0.310 e. The number of hydrogen-bond acceptors (Lipinski definition) is 7. The van der Waals surface area contributed by atoms with Gasteiger partial charge in [-0.15, -0.1) is 0 Å². The lowest BCUT2D eigenvalue weighted by Gasteiger charge is -2.18. The largest absolute Gasteiger partial charge is 0.489 e. The van der Waals surface area contributed by atoms with E-state index < -0.39 is 11.8 Å². The molecule has 2 heterocycles. The van der Waals surface area contributed by atoms with Crippen molar-refractivity contribution in [3.63, 3.8) is 0 Å². The quantitative estimate of drug-likeness (QED) is 0.200. The molecule has 212 valence electrons. The van der Waals surface area contributed by atoms with E-state index in [1.807, 2.05) is 24.3 Å². The van der Waals surface area contributed by atoms with Gasteiger partial charge >= 0.3 is 5.97 Å². The molecule has 8 heteroatoms. The number of furan rings is 1. The summed E-state index contributed by atoms with van der Waals surface area (Å²) in [6.07, 6.45) is 1.73. The molecule has 4 aromatic rings. The van der Waals surface area contributed by atoms with E-state index in [-0.39, 0.29) is 25.0 Å². The summed E-state index contributed by atoms with van der Waals surface area (Å²) < 4.78 is 36.6. The molecule has 1 N–H and O–H groups in total. The van der Waals surface area contributed by atoms with Crippen molar-refractivity contribution in [2.24, 2.45) is 5.41 Å². The molecule has 2 aromatic heterocycles. The second-order valence-electron chi connectivity index (χ2n) is 10.9. The molecule has 0 unspecified atom stereocenters. The lowest BCUT2D eigenvalue weighted by molar-refractivity contribution is -0.142. The van der Waals surface area contributed by atoms with Crippen LogP contribution >= 0.6 is 0 Å². The van der Waals surface area contributed by atoms with Gasteiger partial charge in [0.15, 0.2) is 0 Å². The summed E-state index contributed by atoms with van der Waals surface area (Å²) in [5, 5.41) is 4.39. The van der Waals surface area contributed by atoms with Gasteiger partial charge in [0.25, 0.3) is 0 Å². The molecule has 2 aromatic carbocycles. The molecule has 0 saturated carbocycles. The predicted molar refractivity (Wildman–Crippen MR) is 152 cm³/mol. The number of nitrogens with zero attached hydrogens (tertiary/aromatic N) is 1. The zero-order valence-corrected chi connectivity index (χ0v) is 23.8. The summed E-state index contributed by atoms with van der Waals surface area (Å²) >= 11 is 0. The number of rotatable bonds is 12. The van der Waals surface area contributed by atoms with Crippen LogP contribution < -0.4 is 10.1 Å². The Kier molecular flexibility index (Phi) is 9.55. The van der Waals surface area contributed by atoms with Gasteiger partial charge in [0, 0.05) is 42.9 Å². The molecule has 0 fully saturated rings. The van der Waals surface area contributed by atoms with E-state index in [2.05, 4.69) is 37.1 Å². The van der Waals surface area contributed by atoms with E-state index in [1.54, 1.807) is 20.2 Å². The van der Waals surface area contributed by atoms with Gasteiger partial charge in [0.05, 0.1) is 18.7 Å². The van der Waals surface area contributed by atoms with Crippen LogP contribution in [0.15, 0.2) is 59.1 Å². The third kappa shape index (κ3) is 7.90. The van der Waals surface area contributed by atoms with E-state index in [1.165, 1.54) is 18.2 Å². The standard InChI is InChI=1S/C32H37FN2O5/c1-6-38-30(36)16-23-13-25(33)7-8-29(23)39-18-21-11-24-15-27(19-37-5)40-31(24)28(12-21)22-9-10-35-26(14-22)17-34-20-32(2,3)4/h7-15,34H,6,16-20H2,1-5H3. The molecule has 40 heavy (non-hydrogen) atoms. The second-order valence-corrected chi connectivity index (χ2v) is 10.9. The van der Waals surface area contributed by atoms with Crippen molar-refractivity contribution in [2.75, 3.05) is 20.3 Å². The molecule has 0 atom stereocenters. The SMILES string of the molecule is CCOC(=O)Cc1cc(F)ccc1OCc1cc(-c2ccnc(CNCC(C)(C)C)c2)c2oc(COC)cc2c1. The van der Waals surface area contributed by atoms with Gasteiger partial charge in [-0.2, -0.15) is 0 Å². The zero-order valence-electron chi connectivity index (χ0n) is 23.8. The summed E-state index contributed by atoms with van der Waals surface area (Å²) in [7, 11) is 1.63. The molecule has 0 spiro atoms. The summed E-state index contributed by atoms with van der Waals surface area (Å²) in [5.74, 6) is 0.272. The zero-order chi connectivity index (χ0) is 28.7. The summed E-state index contributed by atoms with van der Waals surface area (Å²) in [5.41, 5.74) is 5.05. The van der Waals surface area contributed by atoms with Gasteiger partial charge in [-0.1, -0.05) is 20.8 Å². The van der Waals surface area contributed by atoms with Crippen LogP contribution in [0.2, 0.25) is 0 Å². The fourth-order valence-electron chi connectivity index (χ4n) is 4.44. The van der Waals surface area contributed by atoms with Crippen molar-refractivity contribution in [2.45, 2.75) is 53.9 Å². The van der Waals surface area contributed by atoms with Crippen LogP contribution in [0, 0.1) is 11.2 Å². The van der Waals surface area contributed by atoms with Crippen LogP contribution in [-0.2, 0) is 40.4 Å². The number of methoxy groups -OCH3 is 1. The molecule has 0 bridgehead atoms. The maximum atomic E-state index is 14.0. The highest BCUT2D eigenvalue weighted by atomic mass is 19.1. The van der Waals surface area contributed by atoms with Crippen molar-refractivity contribution >= 4 is 16.9 Å². The number of ether oxygens (including phenoxy) is 3. The Morgan fingerprint density at radius 2 is 1.90 bits per heavy atom. The summed E-state index contributed by atoms with van der Waals surface area (Å²) in [6.45, 7) is 10.6. The molecule has 4 rings (SSSR count). The van der Waals surface area contributed by atoms with E-state index >= 15 is 0 Å². The monoisotopic (exact) mass is 548 g/mol. The summed E-state index contributed by atoms with van der Waals surface area (Å²) in [4.78, 5) is 16.6. The predicted octanol–water partition coefficient (Wildman–Crippen LogP) is 6.60. The van der Waals surface area contributed by atoms with Crippen LogP contribution in [0.1, 0.15) is 50.3 Å². The van der Waals surface area contributed by atoms with Crippen LogP contribution in [0.5, 0.6) is 5.75 Å². The van der Waals surface area contributed by atoms with E-state index in [9.17, 15) is 9.18 Å². The molecular formula is C32H37FN2O5. The fraction of sp³-hybridized carbons (Fsp3) is 0.375. The average Bonchev–Trinajstić information content (AvgIpc) is 3.30. The number of halogens is 1. The van der Waals surface area contributed by atoms with Crippen LogP contribution in [-0.4, -0.2) is 31.2 Å². The number of carbonyl (C=O) groups is 1. The van der Waals surface area contributed by atoms with Crippen LogP contribution in [0.3, 0.4) is 0 Å². The van der Waals surface area contributed by atoms with E-state index in [0.29, 0.717) is 30.2 Å². The fourth-order valence-corrected chi connectivity index (χ4v) is 4.44. The third-order valence-corrected chi connectivity index (χ3v) is 6.16. The first kappa shape index (κ1) is 29.2. The lowest BCUT2D eigenvalue weighted by atomic mass is 9.97. The number of nitrogens with one attached hydrogen (secondary N) is 1. The minimum Gasteiger partial charge on any atom is -0.489 e. The lowest BCUT2D eigenvalue weighted by Crippen LogP contribution is -2.26. The molecule has 0 aliphatic rings. The Bertz CT molecular complexity index is 1460. The molecular weight excluding hydrogens is 511 g/mol. The van der Waals surface area contributed by atoms with Gasteiger partial charge in [-0.25, -0.2) is 4.39 Å². The Morgan fingerprint density at radius 1 is 1.07 bits per heavy atom. The number of carbonyl (C=O) groups excluding carboxylic acids is 1. The molecule has 0 radical (unpaired) electrons. The molecule has 0 aliphatic heterocycles. The number of hydrogen-bond donors (Lipinski definition) is 1. The van der Waals surface area contributed by atoms with Gasteiger partial charge in [0.2, 0.25) is 0 Å².